The van der Waals surface area contributed by atoms with Crippen LogP contribution in [0, 0.1) is 5.92 Å². The molecule has 5 heteroatoms. The van der Waals surface area contributed by atoms with Crippen molar-refractivity contribution < 1.29 is 4.74 Å². The summed E-state index contributed by atoms with van der Waals surface area (Å²) in [4.78, 5) is 12.0. The van der Waals surface area contributed by atoms with E-state index in [0.717, 1.165) is 29.4 Å². The molecule has 0 unspecified atom stereocenters. The molecule has 2 aromatic heterocycles. The second kappa shape index (κ2) is 8.44. The highest BCUT2D eigenvalue weighted by atomic mass is 32.1. The standard InChI is InChI=1S/C22H33N3OS/c1-4-14-6-9-16(10-7-14)25-21-20-19-15(12-17(5-2)26-3)8-11-18(19)27-22(20)24-13-23-21/h13-17H,4-12H2,1-3H3,(H,23,24,25)/t14-,15-,16-,17-/m1/s1. The van der Waals surface area contributed by atoms with Gasteiger partial charge >= 0.3 is 0 Å². The first-order valence-electron chi connectivity index (χ1n) is 10.8. The van der Waals surface area contributed by atoms with E-state index in [1.807, 2.05) is 18.4 Å². The van der Waals surface area contributed by atoms with Crippen molar-refractivity contribution >= 4 is 27.4 Å². The van der Waals surface area contributed by atoms with Crippen LogP contribution in [-0.4, -0.2) is 29.2 Å². The lowest BCUT2D eigenvalue weighted by Gasteiger charge is -2.29. The van der Waals surface area contributed by atoms with Gasteiger partial charge in [0.1, 0.15) is 17.0 Å². The van der Waals surface area contributed by atoms with Crippen molar-refractivity contribution in [2.75, 3.05) is 12.4 Å². The summed E-state index contributed by atoms with van der Waals surface area (Å²) < 4.78 is 5.69. The molecule has 4 rings (SSSR count). The molecule has 0 bridgehead atoms. The smallest absolute Gasteiger partial charge is 0.138 e. The van der Waals surface area contributed by atoms with Gasteiger partial charge in [0.25, 0.3) is 0 Å². The molecule has 0 aliphatic heterocycles. The summed E-state index contributed by atoms with van der Waals surface area (Å²) in [7, 11) is 1.85. The number of anilines is 1. The van der Waals surface area contributed by atoms with Gasteiger partial charge in [0.05, 0.1) is 11.5 Å². The SMILES string of the molecule is CC[C@H](C[C@H]1CCc2sc3ncnc(N[C@H]4CC[C@H](CC)CC4)c3c21)OC. The van der Waals surface area contributed by atoms with Gasteiger partial charge in [-0.1, -0.05) is 20.3 Å². The molecule has 2 aliphatic rings. The van der Waals surface area contributed by atoms with Crippen LogP contribution in [0.25, 0.3) is 10.2 Å². The van der Waals surface area contributed by atoms with Crippen molar-refractivity contribution in [2.45, 2.75) is 89.7 Å². The van der Waals surface area contributed by atoms with Crippen LogP contribution in [-0.2, 0) is 11.2 Å². The highest BCUT2D eigenvalue weighted by molar-refractivity contribution is 7.19. The fraction of sp³-hybridized carbons (Fsp3) is 0.727. The summed E-state index contributed by atoms with van der Waals surface area (Å²) in [6.45, 7) is 4.54. The molecule has 4 nitrogen and oxygen atoms in total. The molecule has 27 heavy (non-hydrogen) atoms. The number of nitrogens with one attached hydrogen (secondary N) is 1. The average Bonchev–Trinajstić information content (AvgIpc) is 3.26. The molecule has 2 atom stereocenters. The van der Waals surface area contributed by atoms with Crippen molar-refractivity contribution in [2.24, 2.45) is 5.92 Å². The van der Waals surface area contributed by atoms with Crippen molar-refractivity contribution in [1.82, 2.24) is 9.97 Å². The van der Waals surface area contributed by atoms with Gasteiger partial charge in [-0.3, -0.25) is 0 Å². The Labute approximate surface area is 167 Å². The number of ether oxygens (including phenoxy) is 1. The molecule has 0 saturated heterocycles. The van der Waals surface area contributed by atoms with E-state index in [1.165, 1.54) is 60.8 Å². The average molecular weight is 388 g/mol. The molecule has 2 aromatic rings. The summed E-state index contributed by atoms with van der Waals surface area (Å²) in [5.41, 5.74) is 1.52. The predicted molar refractivity (Wildman–Crippen MR) is 114 cm³/mol. The molecule has 1 N–H and O–H groups in total. The van der Waals surface area contributed by atoms with Crippen molar-refractivity contribution in [3.63, 3.8) is 0 Å². The zero-order valence-electron chi connectivity index (χ0n) is 17.0. The Bertz CT molecular complexity index is 762. The van der Waals surface area contributed by atoms with E-state index < -0.39 is 0 Å². The lowest BCUT2D eigenvalue weighted by atomic mass is 9.84. The molecule has 1 saturated carbocycles. The molecule has 148 valence electrons. The summed E-state index contributed by atoms with van der Waals surface area (Å²) in [5, 5.41) is 5.12. The van der Waals surface area contributed by atoms with Crippen molar-refractivity contribution in [3.05, 3.63) is 16.8 Å². The van der Waals surface area contributed by atoms with Gasteiger partial charge in [-0.05, 0) is 68.8 Å². The number of aryl methyl sites for hydroxylation is 1. The van der Waals surface area contributed by atoms with Crippen LogP contribution in [0.2, 0.25) is 0 Å². The minimum Gasteiger partial charge on any atom is -0.381 e. The van der Waals surface area contributed by atoms with Crippen LogP contribution < -0.4 is 5.32 Å². The molecule has 0 radical (unpaired) electrons. The second-order valence-electron chi connectivity index (χ2n) is 8.35. The minimum atomic E-state index is 0.348. The molecule has 0 aromatic carbocycles. The number of thiophene rings is 1. The minimum absolute atomic E-state index is 0.348. The Morgan fingerprint density at radius 3 is 2.70 bits per heavy atom. The summed E-state index contributed by atoms with van der Waals surface area (Å²) in [6.07, 6.45) is 13.3. The van der Waals surface area contributed by atoms with Crippen LogP contribution in [0.3, 0.4) is 0 Å². The quantitative estimate of drug-likeness (QED) is 0.641. The van der Waals surface area contributed by atoms with E-state index in [1.54, 1.807) is 6.33 Å². The molecule has 1 fully saturated rings. The Kier molecular flexibility index (Phi) is 5.98. The highest BCUT2D eigenvalue weighted by Crippen LogP contribution is 2.47. The van der Waals surface area contributed by atoms with E-state index in [9.17, 15) is 0 Å². The third-order valence-electron chi connectivity index (χ3n) is 6.83. The Hall–Kier alpha value is -1.20. The fourth-order valence-electron chi connectivity index (χ4n) is 5.07. The van der Waals surface area contributed by atoms with Gasteiger partial charge < -0.3 is 10.1 Å². The molecule has 2 heterocycles. The first-order chi connectivity index (χ1) is 13.2. The van der Waals surface area contributed by atoms with Crippen molar-refractivity contribution in [1.29, 1.82) is 0 Å². The zero-order valence-corrected chi connectivity index (χ0v) is 17.8. The molecular weight excluding hydrogens is 354 g/mol. The van der Waals surface area contributed by atoms with E-state index in [-0.39, 0.29) is 0 Å². The van der Waals surface area contributed by atoms with Crippen LogP contribution in [0.4, 0.5) is 5.82 Å². The number of fused-ring (bicyclic) bond motifs is 3. The summed E-state index contributed by atoms with van der Waals surface area (Å²) in [5.74, 6) is 2.58. The van der Waals surface area contributed by atoms with Gasteiger partial charge in [0.2, 0.25) is 0 Å². The zero-order chi connectivity index (χ0) is 18.8. The van der Waals surface area contributed by atoms with Gasteiger partial charge in [-0.15, -0.1) is 11.3 Å². The largest absolute Gasteiger partial charge is 0.381 e. The van der Waals surface area contributed by atoms with E-state index in [0.29, 0.717) is 18.1 Å². The van der Waals surface area contributed by atoms with Crippen LogP contribution in [0.1, 0.15) is 81.6 Å². The number of rotatable bonds is 7. The topological polar surface area (TPSA) is 47.0 Å². The van der Waals surface area contributed by atoms with Crippen molar-refractivity contribution in [3.8, 4) is 0 Å². The molecule has 0 spiro atoms. The Morgan fingerprint density at radius 2 is 2.00 bits per heavy atom. The van der Waals surface area contributed by atoms with Crippen LogP contribution >= 0.6 is 11.3 Å². The Balaban J connectivity index is 1.59. The fourth-order valence-corrected chi connectivity index (χ4v) is 6.31. The summed E-state index contributed by atoms with van der Waals surface area (Å²) in [6, 6.07) is 0.559. The number of methoxy groups -OCH3 is 1. The number of hydrogen-bond acceptors (Lipinski definition) is 5. The maximum absolute atomic E-state index is 5.69. The maximum Gasteiger partial charge on any atom is 0.138 e. The third kappa shape index (κ3) is 3.86. The maximum atomic E-state index is 5.69. The van der Waals surface area contributed by atoms with Gasteiger partial charge in [0, 0.05) is 18.0 Å². The third-order valence-corrected chi connectivity index (χ3v) is 8.00. The highest BCUT2D eigenvalue weighted by Gasteiger charge is 2.31. The number of aromatic nitrogens is 2. The normalized spacial score (nSPS) is 26.3. The van der Waals surface area contributed by atoms with E-state index >= 15 is 0 Å². The molecular formula is C22H33N3OS. The number of nitrogens with zero attached hydrogens (tertiary/aromatic N) is 2. The van der Waals surface area contributed by atoms with Crippen LogP contribution in [0.5, 0.6) is 0 Å². The Morgan fingerprint density at radius 1 is 1.19 bits per heavy atom. The van der Waals surface area contributed by atoms with Gasteiger partial charge in [-0.25, -0.2) is 9.97 Å². The first-order valence-corrected chi connectivity index (χ1v) is 11.6. The lowest BCUT2D eigenvalue weighted by molar-refractivity contribution is 0.0858. The molecule has 2 aliphatic carbocycles. The predicted octanol–water partition coefficient (Wildman–Crippen LogP) is 5.92. The monoisotopic (exact) mass is 387 g/mol. The second-order valence-corrected chi connectivity index (χ2v) is 9.43. The van der Waals surface area contributed by atoms with Gasteiger partial charge in [0.15, 0.2) is 0 Å². The first kappa shape index (κ1) is 19.1. The summed E-state index contributed by atoms with van der Waals surface area (Å²) >= 11 is 1.88. The van der Waals surface area contributed by atoms with Crippen LogP contribution in [0.15, 0.2) is 6.33 Å². The number of hydrogen-bond donors (Lipinski definition) is 1. The van der Waals surface area contributed by atoms with Gasteiger partial charge in [-0.2, -0.15) is 0 Å². The van der Waals surface area contributed by atoms with E-state index in [4.69, 9.17) is 9.72 Å². The lowest BCUT2D eigenvalue weighted by Crippen LogP contribution is -2.26. The molecule has 0 amide bonds. The van der Waals surface area contributed by atoms with E-state index in [2.05, 4.69) is 24.1 Å².